The Bertz CT molecular complexity index is 943. The topological polar surface area (TPSA) is 61.3 Å². The molecule has 0 aliphatic heterocycles. The van der Waals surface area contributed by atoms with Gasteiger partial charge in [0.25, 0.3) is 0 Å². The highest BCUT2D eigenvalue weighted by Gasteiger charge is 2.21. The Morgan fingerprint density at radius 2 is 2.04 bits per heavy atom. The molecule has 0 atom stereocenters. The SMILES string of the molecule is CCOC(=O)c1sc2ncnc(OCc3ccc(F)c(F)c3)c2c1C. The van der Waals surface area contributed by atoms with Crippen molar-refractivity contribution in [3.8, 4) is 5.88 Å². The van der Waals surface area contributed by atoms with Crippen LogP contribution in [-0.2, 0) is 11.3 Å². The molecule has 5 nitrogen and oxygen atoms in total. The van der Waals surface area contributed by atoms with E-state index >= 15 is 0 Å². The Kier molecular flexibility index (Phi) is 4.89. The van der Waals surface area contributed by atoms with Crippen LogP contribution in [0, 0.1) is 18.6 Å². The maximum atomic E-state index is 13.3. The first-order chi connectivity index (χ1) is 12.0. The van der Waals surface area contributed by atoms with Crippen molar-refractivity contribution < 1.29 is 23.0 Å². The minimum atomic E-state index is -0.940. The van der Waals surface area contributed by atoms with Crippen molar-refractivity contribution in [3.05, 3.63) is 52.2 Å². The first kappa shape index (κ1) is 17.2. The number of fused-ring (bicyclic) bond motifs is 1. The molecule has 8 heteroatoms. The molecule has 25 heavy (non-hydrogen) atoms. The molecule has 1 aromatic carbocycles. The predicted molar refractivity (Wildman–Crippen MR) is 88.8 cm³/mol. The van der Waals surface area contributed by atoms with Gasteiger partial charge in [0.05, 0.1) is 12.0 Å². The van der Waals surface area contributed by atoms with E-state index in [9.17, 15) is 13.6 Å². The zero-order valence-corrected chi connectivity index (χ0v) is 14.3. The van der Waals surface area contributed by atoms with E-state index < -0.39 is 17.6 Å². The zero-order valence-electron chi connectivity index (χ0n) is 13.5. The standard InChI is InChI=1S/C17H14F2N2O3S/c1-3-23-17(22)14-9(2)13-15(20-8-21-16(13)25-14)24-7-10-4-5-11(18)12(19)6-10/h4-6,8H,3,7H2,1-2H3. The zero-order chi connectivity index (χ0) is 18.0. The van der Waals surface area contributed by atoms with Gasteiger partial charge in [-0.25, -0.2) is 23.5 Å². The predicted octanol–water partition coefficient (Wildman–Crippen LogP) is 4.03. The minimum Gasteiger partial charge on any atom is -0.472 e. The molecule has 0 unspecified atom stereocenters. The van der Waals surface area contributed by atoms with Crippen molar-refractivity contribution in [2.24, 2.45) is 0 Å². The number of aromatic nitrogens is 2. The van der Waals surface area contributed by atoms with Crippen LogP contribution in [0.1, 0.15) is 27.7 Å². The number of carbonyl (C=O) groups excluding carboxylic acids is 1. The number of aryl methyl sites for hydroxylation is 1. The van der Waals surface area contributed by atoms with Gasteiger partial charge in [0, 0.05) is 0 Å². The molecule has 0 saturated carbocycles. The largest absolute Gasteiger partial charge is 0.472 e. The van der Waals surface area contributed by atoms with Gasteiger partial charge in [0.1, 0.15) is 22.6 Å². The van der Waals surface area contributed by atoms with Crippen LogP contribution in [0.2, 0.25) is 0 Å². The van der Waals surface area contributed by atoms with Crippen LogP contribution < -0.4 is 4.74 Å². The van der Waals surface area contributed by atoms with E-state index in [-0.39, 0.29) is 19.1 Å². The first-order valence-corrected chi connectivity index (χ1v) is 8.30. The maximum Gasteiger partial charge on any atom is 0.348 e. The lowest BCUT2D eigenvalue weighted by molar-refractivity contribution is 0.0531. The molecule has 0 fully saturated rings. The number of benzene rings is 1. The molecule has 3 aromatic rings. The lowest BCUT2D eigenvalue weighted by Crippen LogP contribution is -2.04. The average molecular weight is 364 g/mol. The molecular weight excluding hydrogens is 350 g/mol. The molecule has 3 rings (SSSR count). The lowest BCUT2D eigenvalue weighted by atomic mass is 10.2. The Balaban J connectivity index is 1.91. The Hall–Kier alpha value is -2.61. The summed E-state index contributed by atoms with van der Waals surface area (Å²) in [7, 11) is 0. The Morgan fingerprint density at radius 3 is 2.76 bits per heavy atom. The van der Waals surface area contributed by atoms with Gasteiger partial charge in [-0.3, -0.25) is 0 Å². The number of hydrogen-bond acceptors (Lipinski definition) is 6. The van der Waals surface area contributed by atoms with Gasteiger partial charge >= 0.3 is 5.97 Å². The maximum absolute atomic E-state index is 13.3. The van der Waals surface area contributed by atoms with Crippen LogP contribution in [-0.4, -0.2) is 22.5 Å². The lowest BCUT2D eigenvalue weighted by Gasteiger charge is -2.07. The van der Waals surface area contributed by atoms with Crippen LogP contribution in [0.4, 0.5) is 8.78 Å². The second-order valence-electron chi connectivity index (χ2n) is 5.17. The molecule has 0 spiro atoms. The molecular formula is C17H14F2N2O3S. The van der Waals surface area contributed by atoms with E-state index in [0.29, 0.717) is 26.2 Å². The molecule has 0 saturated heterocycles. The van der Waals surface area contributed by atoms with Gasteiger partial charge in [-0.05, 0) is 37.1 Å². The van der Waals surface area contributed by atoms with Gasteiger partial charge in [0.15, 0.2) is 11.6 Å². The van der Waals surface area contributed by atoms with Gasteiger partial charge in [0.2, 0.25) is 5.88 Å². The van der Waals surface area contributed by atoms with E-state index in [0.717, 1.165) is 12.1 Å². The third-order valence-corrected chi connectivity index (χ3v) is 4.69. The number of carbonyl (C=O) groups is 1. The number of hydrogen-bond donors (Lipinski definition) is 0. The summed E-state index contributed by atoms with van der Waals surface area (Å²) < 4.78 is 37.0. The molecule has 0 aliphatic carbocycles. The average Bonchev–Trinajstić information content (AvgIpc) is 2.94. The number of halogens is 2. The van der Waals surface area contributed by atoms with Crippen LogP contribution in [0.3, 0.4) is 0 Å². The van der Waals surface area contributed by atoms with E-state index in [1.807, 2.05) is 0 Å². The Labute approximate surface area is 146 Å². The van der Waals surface area contributed by atoms with Crippen molar-refractivity contribution in [1.82, 2.24) is 9.97 Å². The summed E-state index contributed by atoms with van der Waals surface area (Å²) in [6.07, 6.45) is 1.33. The number of nitrogens with zero attached hydrogens (tertiary/aromatic N) is 2. The Morgan fingerprint density at radius 1 is 1.24 bits per heavy atom. The molecule has 0 radical (unpaired) electrons. The van der Waals surface area contributed by atoms with E-state index in [1.54, 1.807) is 13.8 Å². The third kappa shape index (κ3) is 3.43. The summed E-state index contributed by atoms with van der Waals surface area (Å²) in [5.74, 6) is -2.00. The third-order valence-electron chi connectivity index (χ3n) is 3.51. The van der Waals surface area contributed by atoms with Crippen LogP contribution in [0.15, 0.2) is 24.5 Å². The normalized spacial score (nSPS) is 10.9. The highest BCUT2D eigenvalue weighted by atomic mass is 32.1. The van der Waals surface area contributed by atoms with Gasteiger partial charge in [-0.2, -0.15) is 0 Å². The molecule has 0 bridgehead atoms. The number of ether oxygens (including phenoxy) is 2. The van der Waals surface area contributed by atoms with Crippen molar-refractivity contribution in [2.75, 3.05) is 6.61 Å². The summed E-state index contributed by atoms with van der Waals surface area (Å²) in [4.78, 5) is 21.3. The molecule has 130 valence electrons. The second-order valence-corrected chi connectivity index (χ2v) is 6.17. The molecule has 0 aliphatic rings. The van der Waals surface area contributed by atoms with E-state index in [4.69, 9.17) is 9.47 Å². The fourth-order valence-electron chi connectivity index (χ4n) is 2.32. The minimum absolute atomic E-state index is 0.00728. The quantitative estimate of drug-likeness (QED) is 0.640. The van der Waals surface area contributed by atoms with Gasteiger partial charge < -0.3 is 9.47 Å². The van der Waals surface area contributed by atoms with E-state index in [2.05, 4.69) is 9.97 Å². The van der Waals surface area contributed by atoms with Crippen molar-refractivity contribution >= 4 is 27.5 Å². The molecule has 2 aromatic heterocycles. The molecule has 0 N–H and O–H groups in total. The summed E-state index contributed by atoms with van der Waals surface area (Å²) in [6.45, 7) is 3.78. The van der Waals surface area contributed by atoms with E-state index in [1.165, 1.54) is 23.7 Å². The van der Waals surface area contributed by atoms with Crippen LogP contribution >= 0.6 is 11.3 Å². The fraction of sp³-hybridized carbons (Fsp3) is 0.235. The summed E-state index contributed by atoms with van der Waals surface area (Å²) in [5.41, 5.74) is 1.13. The second kappa shape index (κ2) is 7.10. The van der Waals surface area contributed by atoms with Crippen LogP contribution in [0.5, 0.6) is 5.88 Å². The van der Waals surface area contributed by atoms with Crippen molar-refractivity contribution in [1.29, 1.82) is 0 Å². The van der Waals surface area contributed by atoms with Crippen molar-refractivity contribution in [3.63, 3.8) is 0 Å². The summed E-state index contributed by atoms with van der Waals surface area (Å²) >= 11 is 1.20. The molecule has 2 heterocycles. The van der Waals surface area contributed by atoms with Crippen molar-refractivity contribution in [2.45, 2.75) is 20.5 Å². The summed E-state index contributed by atoms with van der Waals surface area (Å²) in [6, 6.07) is 3.54. The fourth-order valence-corrected chi connectivity index (χ4v) is 3.35. The van der Waals surface area contributed by atoms with Gasteiger partial charge in [-0.15, -0.1) is 11.3 Å². The highest BCUT2D eigenvalue weighted by molar-refractivity contribution is 7.20. The number of thiophene rings is 1. The highest BCUT2D eigenvalue weighted by Crippen LogP contribution is 2.35. The summed E-state index contributed by atoms with van der Waals surface area (Å²) in [5, 5.41) is 0.609. The monoisotopic (exact) mass is 364 g/mol. The van der Waals surface area contributed by atoms with Crippen LogP contribution in [0.25, 0.3) is 10.2 Å². The first-order valence-electron chi connectivity index (χ1n) is 7.49. The smallest absolute Gasteiger partial charge is 0.348 e. The number of rotatable bonds is 5. The molecule has 0 amide bonds. The number of esters is 1. The van der Waals surface area contributed by atoms with Gasteiger partial charge in [-0.1, -0.05) is 6.07 Å².